The minimum Gasteiger partial charge on any atom is -0.444 e. The van der Waals surface area contributed by atoms with Gasteiger partial charge in [0.05, 0.1) is 12.2 Å². The first-order valence-electron chi connectivity index (χ1n) is 8.02. The third-order valence-electron chi connectivity index (χ3n) is 3.67. The van der Waals surface area contributed by atoms with E-state index in [1.807, 2.05) is 13.0 Å². The maximum absolute atomic E-state index is 12.7. The van der Waals surface area contributed by atoms with Crippen molar-refractivity contribution in [2.75, 3.05) is 0 Å². The number of Topliss-reactive ketones (excluding diaryl/α,β-unsaturated/α-hetero) is 1. The molecule has 1 aliphatic rings. The Kier molecular flexibility index (Phi) is 5.21. The van der Waals surface area contributed by atoms with Crippen LogP contribution < -0.4 is 0 Å². The number of ether oxygens (including phenoxy) is 2. The Balaban J connectivity index is 2.35. The number of ketones is 1. The maximum Gasteiger partial charge on any atom is 0.413 e. The van der Waals surface area contributed by atoms with E-state index in [1.165, 1.54) is 16.2 Å². The van der Waals surface area contributed by atoms with Crippen LogP contribution >= 0.6 is 11.3 Å². The molecule has 0 bridgehead atoms. The number of carbonyl (C=O) groups is 2. The van der Waals surface area contributed by atoms with E-state index in [1.54, 1.807) is 40.0 Å². The summed E-state index contributed by atoms with van der Waals surface area (Å²) in [5, 5.41) is 10.9. The fraction of sp³-hybridized carbons (Fsp3) is 0.647. The van der Waals surface area contributed by atoms with E-state index >= 15 is 0 Å². The van der Waals surface area contributed by atoms with Gasteiger partial charge in [0.25, 0.3) is 0 Å². The highest BCUT2D eigenvalue weighted by Crippen LogP contribution is 2.43. The van der Waals surface area contributed by atoms with Crippen molar-refractivity contribution in [1.29, 1.82) is 5.26 Å². The smallest absolute Gasteiger partial charge is 0.413 e. The van der Waals surface area contributed by atoms with Gasteiger partial charge in [-0.2, -0.15) is 5.26 Å². The molecule has 0 radical (unpaired) electrons. The molecule has 7 nitrogen and oxygen atoms in total. The lowest BCUT2D eigenvalue weighted by Gasteiger charge is -2.34. The second-order valence-electron chi connectivity index (χ2n) is 7.39. The van der Waals surface area contributed by atoms with Crippen LogP contribution in [0.4, 0.5) is 4.79 Å². The summed E-state index contributed by atoms with van der Waals surface area (Å²) in [6.45, 7) is 10.8. The Hall–Kier alpha value is -1.98. The van der Waals surface area contributed by atoms with E-state index in [-0.39, 0.29) is 24.0 Å². The van der Waals surface area contributed by atoms with Crippen molar-refractivity contribution in [3.63, 3.8) is 0 Å². The minimum atomic E-state index is -0.866. The van der Waals surface area contributed by atoms with Gasteiger partial charge in [0.1, 0.15) is 34.5 Å². The highest BCUT2D eigenvalue weighted by molar-refractivity contribution is 7.10. The zero-order chi connectivity index (χ0) is 19.0. The fourth-order valence-corrected chi connectivity index (χ4v) is 3.79. The molecule has 1 fully saturated rings. The van der Waals surface area contributed by atoms with Gasteiger partial charge in [-0.05, 0) is 41.5 Å². The van der Waals surface area contributed by atoms with Gasteiger partial charge in [0.2, 0.25) is 0 Å². The number of carbonyl (C=O) groups excluding carboxylic acids is 2. The molecule has 0 aromatic carbocycles. The molecule has 0 spiro atoms. The van der Waals surface area contributed by atoms with Crippen LogP contribution in [-0.4, -0.2) is 39.2 Å². The van der Waals surface area contributed by atoms with Crippen molar-refractivity contribution < 1.29 is 19.1 Å². The van der Waals surface area contributed by atoms with E-state index < -0.39 is 23.5 Å². The molecule has 2 atom stereocenters. The lowest BCUT2D eigenvalue weighted by Crippen LogP contribution is -2.47. The third kappa shape index (κ3) is 4.17. The van der Waals surface area contributed by atoms with Gasteiger partial charge in [-0.25, -0.2) is 9.78 Å². The Labute approximate surface area is 151 Å². The van der Waals surface area contributed by atoms with E-state index in [9.17, 15) is 9.59 Å². The highest BCUT2D eigenvalue weighted by Gasteiger charge is 2.51. The van der Waals surface area contributed by atoms with E-state index in [0.29, 0.717) is 5.01 Å². The Morgan fingerprint density at radius 1 is 1.48 bits per heavy atom. The zero-order valence-electron chi connectivity index (χ0n) is 15.3. The van der Waals surface area contributed by atoms with Crippen molar-refractivity contribution in [3.8, 4) is 6.07 Å². The summed E-state index contributed by atoms with van der Waals surface area (Å²) < 4.78 is 11.5. The zero-order valence-corrected chi connectivity index (χ0v) is 16.1. The summed E-state index contributed by atoms with van der Waals surface area (Å²) >= 11 is 1.27. The lowest BCUT2D eigenvalue weighted by atomic mass is 10.1. The van der Waals surface area contributed by atoms with Crippen molar-refractivity contribution in [3.05, 3.63) is 16.1 Å². The van der Waals surface area contributed by atoms with E-state index in [4.69, 9.17) is 14.7 Å². The number of hydrogen-bond acceptors (Lipinski definition) is 7. The molecular formula is C17H23N3O4S. The summed E-state index contributed by atoms with van der Waals surface area (Å²) in [6.07, 6.45) is -1.03. The van der Waals surface area contributed by atoms with Crippen LogP contribution in [0.3, 0.4) is 0 Å². The first-order chi connectivity index (χ1) is 11.5. The number of aromatic nitrogens is 1. The average molecular weight is 365 g/mol. The molecule has 0 N–H and O–H groups in total. The number of thiazole rings is 1. The predicted octanol–water partition coefficient (Wildman–Crippen LogP) is 3.67. The lowest BCUT2D eigenvalue weighted by molar-refractivity contribution is -0.0757. The van der Waals surface area contributed by atoms with Crippen LogP contribution in [0.25, 0.3) is 0 Å². The van der Waals surface area contributed by atoms with Crippen molar-refractivity contribution >= 4 is 23.2 Å². The van der Waals surface area contributed by atoms with Crippen LogP contribution in [0, 0.1) is 11.3 Å². The highest BCUT2D eigenvalue weighted by atomic mass is 32.1. The number of amides is 1. The Morgan fingerprint density at radius 3 is 2.68 bits per heavy atom. The third-order valence-corrected chi connectivity index (χ3v) is 4.58. The van der Waals surface area contributed by atoms with Crippen LogP contribution in [0.2, 0.25) is 0 Å². The molecule has 25 heavy (non-hydrogen) atoms. The number of rotatable bonds is 3. The van der Waals surface area contributed by atoms with Gasteiger partial charge in [-0.3, -0.25) is 9.69 Å². The van der Waals surface area contributed by atoms with Gasteiger partial charge < -0.3 is 9.47 Å². The fourth-order valence-electron chi connectivity index (χ4n) is 2.79. The minimum absolute atomic E-state index is 0.221. The predicted molar refractivity (Wildman–Crippen MR) is 92.1 cm³/mol. The van der Waals surface area contributed by atoms with Crippen molar-refractivity contribution in [2.24, 2.45) is 0 Å². The monoisotopic (exact) mass is 365 g/mol. The molecule has 1 unspecified atom stereocenters. The molecular weight excluding hydrogens is 342 g/mol. The number of hydrogen-bond donors (Lipinski definition) is 0. The van der Waals surface area contributed by atoms with Crippen LogP contribution in [-0.2, 0) is 9.47 Å². The molecule has 1 aliphatic heterocycles. The van der Waals surface area contributed by atoms with Crippen molar-refractivity contribution in [1.82, 2.24) is 9.88 Å². The maximum atomic E-state index is 12.7. The summed E-state index contributed by atoms with van der Waals surface area (Å²) in [7, 11) is 0. The second-order valence-corrected chi connectivity index (χ2v) is 8.28. The molecule has 1 amide bonds. The van der Waals surface area contributed by atoms with Crippen LogP contribution in [0.15, 0.2) is 5.38 Å². The van der Waals surface area contributed by atoms with Gasteiger partial charge >= 0.3 is 6.09 Å². The number of nitrogens with zero attached hydrogens (tertiary/aromatic N) is 3. The summed E-state index contributed by atoms with van der Waals surface area (Å²) in [5.74, 6) is -0.334. The Morgan fingerprint density at radius 2 is 2.12 bits per heavy atom. The van der Waals surface area contributed by atoms with Gasteiger partial charge in [0.15, 0.2) is 5.78 Å². The standard InChI is InChI=1S/C17H23N3O4S/c1-10-13(14-19-11(9-25-14)12(21)7-8-18)20(17(5,6)23-10)15(22)24-16(2,3)4/h9-10,13H,7H2,1-6H3/t10-,13?/m1/s1. The van der Waals surface area contributed by atoms with Gasteiger partial charge in [0, 0.05) is 5.38 Å². The summed E-state index contributed by atoms with van der Waals surface area (Å²) in [4.78, 5) is 30.5. The molecule has 0 saturated carbocycles. The molecule has 1 aromatic rings. The van der Waals surface area contributed by atoms with E-state index in [0.717, 1.165) is 0 Å². The number of nitriles is 1. The average Bonchev–Trinajstić information content (AvgIpc) is 2.98. The first-order valence-corrected chi connectivity index (χ1v) is 8.90. The van der Waals surface area contributed by atoms with Gasteiger partial charge in [-0.15, -0.1) is 11.3 Å². The molecule has 136 valence electrons. The van der Waals surface area contributed by atoms with Crippen LogP contribution in [0.1, 0.15) is 69.5 Å². The first kappa shape index (κ1) is 19.3. The van der Waals surface area contributed by atoms with Gasteiger partial charge in [-0.1, -0.05) is 0 Å². The van der Waals surface area contributed by atoms with Crippen LogP contribution in [0.5, 0.6) is 0 Å². The van der Waals surface area contributed by atoms with Crippen molar-refractivity contribution in [2.45, 2.75) is 71.4 Å². The summed E-state index contributed by atoms with van der Waals surface area (Å²) in [5.41, 5.74) is -1.27. The molecule has 2 rings (SSSR count). The SMILES string of the molecule is C[C@H]1OC(C)(C)N(C(=O)OC(C)(C)C)C1c1nc(C(=O)CC#N)cs1. The summed E-state index contributed by atoms with van der Waals surface area (Å²) in [6, 6.07) is 1.37. The largest absolute Gasteiger partial charge is 0.444 e. The van der Waals surface area contributed by atoms with E-state index in [2.05, 4.69) is 4.98 Å². The topological polar surface area (TPSA) is 92.5 Å². The molecule has 0 aliphatic carbocycles. The molecule has 1 saturated heterocycles. The normalized spacial score (nSPS) is 22.5. The molecule has 1 aromatic heterocycles. The molecule has 2 heterocycles. The molecule has 8 heteroatoms. The second kappa shape index (κ2) is 6.73. The Bertz CT molecular complexity index is 714. The quantitative estimate of drug-likeness (QED) is 0.759.